The second-order valence-electron chi connectivity index (χ2n) is 9.47. The van der Waals surface area contributed by atoms with Crippen LogP contribution >= 0.6 is 0 Å². The fourth-order valence-electron chi connectivity index (χ4n) is 5.71. The molecule has 8 heteroatoms. The van der Waals surface area contributed by atoms with E-state index in [-0.39, 0.29) is 24.0 Å². The van der Waals surface area contributed by atoms with Gasteiger partial charge in [0.05, 0.1) is 24.3 Å². The number of aromatic nitrogens is 2. The van der Waals surface area contributed by atoms with Crippen molar-refractivity contribution in [1.82, 2.24) is 15.0 Å². The standard InChI is InChI=1S/C26H24N4O4/c1-14(2)33-22-8-7-16(9-17(22)12-27)25-28-24(29-34-25)19-5-4-6-21-20(19)10-18-11-23(31)30-15(3)13-32-26(18,21)30/h4-9,14-15,18H,10-11,13H2,1-3H3/t15-,18?,26?/m1/s1. The molecule has 2 fully saturated rings. The summed E-state index contributed by atoms with van der Waals surface area (Å²) in [6.45, 7) is 6.40. The minimum Gasteiger partial charge on any atom is -0.490 e. The Morgan fingerprint density at radius 3 is 2.91 bits per heavy atom. The summed E-state index contributed by atoms with van der Waals surface area (Å²) in [6, 6.07) is 13.5. The molecule has 1 aliphatic carbocycles. The lowest BCUT2D eigenvalue weighted by atomic mass is 9.97. The molecule has 0 radical (unpaired) electrons. The molecule has 3 aromatic rings. The number of ether oxygens (including phenoxy) is 2. The van der Waals surface area contributed by atoms with Crippen molar-refractivity contribution in [2.24, 2.45) is 5.92 Å². The summed E-state index contributed by atoms with van der Waals surface area (Å²) in [5, 5.41) is 13.8. The van der Waals surface area contributed by atoms with Crippen LogP contribution in [0.3, 0.4) is 0 Å². The zero-order valence-corrected chi connectivity index (χ0v) is 19.2. The van der Waals surface area contributed by atoms with Crippen LogP contribution in [0.15, 0.2) is 40.9 Å². The van der Waals surface area contributed by atoms with Gasteiger partial charge in [-0.1, -0.05) is 23.4 Å². The van der Waals surface area contributed by atoms with Crippen LogP contribution < -0.4 is 4.74 Å². The van der Waals surface area contributed by atoms with Crippen molar-refractivity contribution in [3.8, 4) is 34.7 Å². The van der Waals surface area contributed by atoms with Crippen LogP contribution in [-0.2, 0) is 21.7 Å². The highest BCUT2D eigenvalue weighted by Crippen LogP contribution is 2.57. The topological polar surface area (TPSA) is 101 Å². The van der Waals surface area contributed by atoms with Crippen LogP contribution in [0.4, 0.5) is 0 Å². The predicted molar refractivity (Wildman–Crippen MR) is 121 cm³/mol. The van der Waals surface area contributed by atoms with Crippen molar-refractivity contribution >= 4 is 5.91 Å². The number of carbonyl (C=O) groups excluding carboxylic acids is 1. The summed E-state index contributed by atoms with van der Waals surface area (Å²) < 4.78 is 17.6. The molecule has 3 heterocycles. The van der Waals surface area contributed by atoms with E-state index in [1.165, 1.54) is 0 Å². The number of nitrogens with zero attached hydrogens (tertiary/aromatic N) is 4. The lowest BCUT2D eigenvalue weighted by Crippen LogP contribution is -2.43. The molecule has 3 aliphatic rings. The van der Waals surface area contributed by atoms with Crippen molar-refractivity contribution in [2.75, 3.05) is 6.61 Å². The molecule has 6 rings (SSSR count). The first-order chi connectivity index (χ1) is 16.4. The van der Waals surface area contributed by atoms with E-state index in [0.717, 1.165) is 23.1 Å². The molecule has 0 bridgehead atoms. The summed E-state index contributed by atoms with van der Waals surface area (Å²) in [7, 11) is 0. The van der Waals surface area contributed by atoms with Gasteiger partial charge in [-0.15, -0.1) is 0 Å². The van der Waals surface area contributed by atoms with Crippen LogP contribution in [0, 0.1) is 17.2 Å². The van der Waals surface area contributed by atoms with Gasteiger partial charge in [-0.2, -0.15) is 10.2 Å². The van der Waals surface area contributed by atoms with Gasteiger partial charge in [-0.3, -0.25) is 4.79 Å². The first kappa shape index (κ1) is 20.9. The van der Waals surface area contributed by atoms with E-state index in [9.17, 15) is 10.1 Å². The SMILES string of the molecule is CC(C)Oc1ccc(-c2nc(-c3cccc4c3CC3CC(=O)N5[C@H](C)COC435)no2)cc1C#N. The third-order valence-electron chi connectivity index (χ3n) is 6.98. The summed E-state index contributed by atoms with van der Waals surface area (Å²) in [5.41, 5.74) is 3.40. The first-order valence-electron chi connectivity index (χ1n) is 11.6. The van der Waals surface area contributed by atoms with E-state index in [0.29, 0.717) is 41.6 Å². The largest absolute Gasteiger partial charge is 0.490 e. The molecule has 3 atom stereocenters. The Morgan fingerprint density at radius 1 is 1.26 bits per heavy atom. The molecule has 0 saturated carbocycles. The van der Waals surface area contributed by atoms with Gasteiger partial charge in [-0.05, 0) is 51.0 Å². The van der Waals surface area contributed by atoms with Crippen LogP contribution in [0.1, 0.15) is 43.9 Å². The lowest BCUT2D eigenvalue weighted by Gasteiger charge is -2.33. The average molecular weight is 457 g/mol. The van der Waals surface area contributed by atoms with E-state index in [1.807, 2.05) is 43.9 Å². The van der Waals surface area contributed by atoms with Gasteiger partial charge in [0.1, 0.15) is 11.8 Å². The van der Waals surface area contributed by atoms with Crippen LogP contribution in [0.2, 0.25) is 0 Å². The number of benzene rings is 2. The van der Waals surface area contributed by atoms with Gasteiger partial charge in [0.15, 0.2) is 5.72 Å². The number of hydrogen-bond donors (Lipinski definition) is 0. The van der Waals surface area contributed by atoms with Crippen molar-refractivity contribution in [3.63, 3.8) is 0 Å². The molecule has 2 unspecified atom stereocenters. The van der Waals surface area contributed by atoms with E-state index in [2.05, 4.69) is 22.3 Å². The van der Waals surface area contributed by atoms with Gasteiger partial charge in [0.25, 0.3) is 5.89 Å². The Morgan fingerprint density at radius 2 is 2.12 bits per heavy atom. The third-order valence-corrected chi connectivity index (χ3v) is 6.98. The predicted octanol–water partition coefficient (Wildman–Crippen LogP) is 4.04. The summed E-state index contributed by atoms with van der Waals surface area (Å²) in [6.07, 6.45) is 1.17. The molecule has 8 nitrogen and oxygen atoms in total. The fourth-order valence-corrected chi connectivity index (χ4v) is 5.71. The summed E-state index contributed by atoms with van der Waals surface area (Å²) in [5.74, 6) is 1.58. The molecule has 2 aliphatic heterocycles. The Hall–Kier alpha value is -3.70. The fraction of sp³-hybridized carbons (Fsp3) is 0.385. The number of hydrogen-bond acceptors (Lipinski definition) is 7. The van der Waals surface area contributed by atoms with Crippen LogP contribution in [0.5, 0.6) is 5.75 Å². The Balaban J connectivity index is 1.38. The quantitative estimate of drug-likeness (QED) is 0.584. The second kappa shape index (κ2) is 7.40. The van der Waals surface area contributed by atoms with Crippen molar-refractivity contribution in [3.05, 3.63) is 53.1 Å². The second-order valence-corrected chi connectivity index (χ2v) is 9.47. The van der Waals surface area contributed by atoms with E-state index in [1.54, 1.807) is 12.1 Å². The van der Waals surface area contributed by atoms with Crippen LogP contribution in [0.25, 0.3) is 22.8 Å². The Labute approximate surface area is 197 Å². The number of amides is 1. The van der Waals surface area contributed by atoms with Gasteiger partial charge in [0, 0.05) is 29.0 Å². The highest BCUT2D eigenvalue weighted by molar-refractivity contribution is 5.83. The molecule has 2 aromatic carbocycles. The smallest absolute Gasteiger partial charge is 0.258 e. The molecule has 2 saturated heterocycles. The van der Waals surface area contributed by atoms with E-state index < -0.39 is 5.72 Å². The maximum atomic E-state index is 12.7. The molecule has 1 aromatic heterocycles. The Kier molecular flexibility index (Phi) is 4.55. The molecule has 1 spiro atoms. The molecule has 0 N–H and O–H groups in total. The zero-order valence-electron chi connectivity index (χ0n) is 19.2. The minimum atomic E-state index is -0.678. The van der Waals surface area contributed by atoms with Gasteiger partial charge < -0.3 is 18.9 Å². The molecule has 172 valence electrons. The average Bonchev–Trinajstić information content (AvgIpc) is 3.55. The van der Waals surface area contributed by atoms with Gasteiger partial charge in [0.2, 0.25) is 11.7 Å². The van der Waals surface area contributed by atoms with Gasteiger partial charge >= 0.3 is 0 Å². The maximum Gasteiger partial charge on any atom is 0.258 e. The van der Waals surface area contributed by atoms with Crippen LogP contribution in [-0.4, -0.2) is 39.7 Å². The molecule has 1 amide bonds. The van der Waals surface area contributed by atoms with E-state index in [4.69, 9.17) is 14.0 Å². The number of carbonyl (C=O) groups is 1. The lowest BCUT2D eigenvalue weighted by molar-refractivity contribution is -0.141. The maximum absolute atomic E-state index is 12.7. The van der Waals surface area contributed by atoms with Crippen molar-refractivity contribution in [1.29, 1.82) is 5.26 Å². The van der Waals surface area contributed by atoms with Crippen molar-refractivity contribution in [2.45, 2.75) is 51.5 Å². The highest BCUT2D eigenvalue weighted by atomic mass is 16.5. The van der Waals surface area contributed by atoms with E-state index >= 15 is 0 Å². The molecular formula is C26H24N4O4. The first-order valence-corrected chi connectivity index (χ1v) is 11.6. The number of fused-ring (bicyclic) bond motifs is 1. The normalized spacial score (nSPS) is 24.8. The molecule has 34 heavy (non-hydrogen) atoms. The Bertz CT molecular complexity index is 1360. The minimum absolute atomic E-state index is 0.0369. The summed E-state index contributed by atoms with van der Waals surface area (Å²) >= 11 is 0. The zero-order chi connectivity index (χ0) is 23.6. The molecular weight excluding hydrogens is 432 g/mol. The summed E-state index contributed by atoms with van der Waals surface area (Å²) in [4.78, 5) is 19.3. The van der Waals surface area contributed by atoms with Gasteiger partial charge in [-0.25, -0.2) is 0 Å². The number of nitriles is 1. The highest BCUT2D eigenvalue weighted by Gasteiger charge is 2.63. The van der Waals surface area contributed by atoms with Crippen molar-refractivity contribution < 1.29 is 18.8 Å². The monoisotopic (exact) mass is 456 g/mol. The third kappa shape index (κ3) is 2.83. The number of rotatable bonds is 4.